The monoisotopic (exact) mass is 314 g/mol. The van der Waals surface area contributed by atoms with Crippen molar-refractivity contribution in [3.05, 3.63) is 35.4 Å². The molecule has 7 nitrogen and oxygen atoms in total. The fraction of sp³-hybridized carbons (Fsp3) is 0.462. The molecule has 0 bridgehead atoms. The molecular weight excluding hydrogens is 296 g/mol. The minimum Gasteiger partial charge on any atom is -0.480 e. The summed E-state index contributed by atoms with van der Waals surface area (Å²) in [7, 11) is -2.41. The molecule has 1 aliphatic heterocycles. The molecule has 2 N–H and O–H groups in total. The molecule has 2 rings (SSSR count). The van der Waals surface area contributed by atoms with E-state index in [9.17, 15) is 18.3 Å². The lowest BCUT2D eigenvalue weighted by atomic mass is 9.96. The van der Waals surface area contributed by atoms with Gasteiger partial charge in [-0.25, -0.2) is 0 Å². The quantitative estimate of drug-likeness (QED) is 0.719. The third kappa shape index (κ3) is 3.59. The number of ether oxygens (including phenoxy) is 1. The first-order valence-electron chi connectivity index (χ1n) is 6.50. The average molecular weight is 314 g/mol. The van der Waals surface area contributed by atoms with Crippen LogP contribution in [0.1, 0.15) is 11.1 Å². The Morgan fingerprint density at radius 3 is 2.71 bits per heavy atom. The minimum atomic E-state index is -3.87. The molecule has 0 radical (unpaired) electrons. The van der Waals surface area contributed by atoms with Crippen molar-refractivity contribution in [2.24, 2.45) is 0 Å². The van der Waals surface area contributed by atoms with E-state index in [1.54, 1.807) is 0 Å². The summed E-state index contributed by atoms with van der Waals surface area (Å²) in [6, 6.07) is 6.17. The number of nitrogens with one attached hydrogen (secondary N) is 1. The predicted molar refractivity (Wildman–Crippen MR) is 75.9 cm³/mol. The number of fused-ring (bicyclic) bond motifs is 1. The van der Waals surface area contributed by atoms with E-state index in [1.165, 1.54) is 7.11 Å². The van der Waals surface area contributed by atoms with E-state index in [1.807, 2.05) is 24.3 Å². The van der Waals surface area contributed by atoms with Crippen LogP contribution in [0.4, 0.5) is 0 Å². The number of carboxylic acid groups (broad SMARTS) is 1. The van der Waals surface area contributed by atoms with Crippen LogP contribution in [0.2, 0.25) is 0 Å². The summed E-state index contributed by atoms with van der Waals surface area (Å²) >= 11 is 0. The molecule has 0 fully saturated rings. The van der Waals surface area contributed by atoms with Gasteiger partial charge in [-0.2, -0.15) is 17.4 Å². The molecule has 0 aliphatic carbocycles. The molecule has 0 unspecified atom stereocenters. The Morgan fingerprint density at radius 1 is 1.43 bits per heavy atom. The fourth-order valence-electron chi connectivity index (χ4n) is 2.32. The summed E-state index contributed by atoms with van der Waals surface area (Å²) in [4.78, 5) is 11.4. The van der Waals surface area contributed by atoms with Crippen molar-refractivity contribution in [3.63, 3.8) is 0 Å². The number of carbonyl (C=O) groups is 1. The molecule has 1 aromatic rings. The smallest absolute Gasteiger partial charge is 0.322 e. The number of methoxy groups -OCH3 is 1. The van der Waals surface area contributed by atoms with E-state index in [-0.39, 0.29) is 26.1 Å². The molecule has 0 spiro atoms. The minimum absolute atomic E-state index is 0.0510. The first-order valence-corrected chi connectivity index (χ1v) is 7.94. The predicted octanol–water partition coefficient (Wildman–Crippen LogP) is -0.0213. The van der Waals surface area contributed by atoms with Crippen LogP contribution in [0.15, 0.2) is 24.3 Å². The van der Waals surface area contributed by atoms with Gasteiger partial charge in [0.05, 0.1) is 6.61 Å². The summed E-state index contributed by atoms with van der Waals surface area (Å²) in [6.45, 7) is 0.375. The van der Waals surface area contributed by atoms with Crippen LogP contribution in [0.3, 0.4) is 0 Å². The molecule has 0 amide bonds. The van der Waals surface area contributed by atoms with E-state index >= 15 is 0 Å². The van der Waals surface area contributed by atoms with E-state index in [0.717, 1.165) is 15.4 Å². The summed E-state index contributed by atoms with van der Waals surface area (Å²) < 4.78 is 32.7. The summed E-state index contributed by atoms with van der Waals surface area (Å²) in [5.74, 6) is -1.15. The molecule has 1 heterocycles. The Hall–Kier alpha value is -1.48. The third-order valence-electron chi connectivity index (χ3n) is 3.39. The van der Waals surface area contributed by atoms with Crippen LogP contribution in [-0.2, 0) is 32.7 Å². The second-order valence-electron chi connectivity index (χ2n) is 4.76. The van der Waals surface area contributed by atoms with E-state index < -0.39 is 22.2 Å². The van der Waals surface area contributed by atoms with Crippen molar-refractivity contribution in [1.82, 2.24) is 9.03 Å². The lowest BCUT2D eigenvalue weighted by Gasteiger charge is -2.33. The van der Waals surface area contributed by atoms with Crippen molar-refractivity contribution >= 4 is 16.2 Å². The zero-order valence-electron chi connectivity index (χ0n) is 11.7. The van der Waals surface area contributed by atoms with Gasteiger partial charge in [0.2, 0.25) is 0 Å². The van der Waals surface area contributed by atoms with Crippen LogP contribution in [0.25, 0.3) is 0 Å². The highest BCUT2D eigenvalue weighted by atomic mass is 32.2. The Balaban J connectivity index is 2.26. The maximum absolute atomic E-state index is 12.3. The number of rotatable bonds is 6. The highest BCUT2D eigenvalue weighted by molar-refractivity contribution is 7.87. The molecule has 1 aliphatic rings. The Bertz CT molecular complexity index is 617. The summed E-state index contributed by atoms with van der Waals surface area (Å²) in [6.07, 6.45) is 0.163. The largest absolute Gasteiger partial charge is 0.480 e. The van der Waals surface area contributed by atoms with Gasteiger partial charge in [0, 0.05) is 26.6 Å². The van der Waals surface area contributed by atoms with Crippen LogP contribution < -0.4 is 4.72 Å². The summed E-state index contributed by atoms with van der Waals surface area (Å²) in [5, 5.41) is 9.31. The van der Waals surface area contributed by atoms with Gasteiger partial charge >= 0.3 is 5.97 Å². The number of hydrogen-bond acceptors (Lipinski definition) is 4. The zero-order chi connectivity index (χ0) is 15.5. The second-order valence-corrected chi connectivity index (χ2v) is 6.47. The van der Waals surface area contributed by atoms with Crippen LogP contribution in [0, 0.1) is 0 Å². The number of carboxylic acids is 1. The van der Waals surface area contributed by atoms with Crippen molar-refractivity contribution < 1.29 is 23.1 Å². The van der Waals surface area contributed by atoms with Crippen LogP contribution in [-0.4, -0.2) is 50.1 Å². The van der Waals surface area contributed by atoms with Crippen molar-refractivity contribution in [2.45, 2.75) is 19.0 Å². The standard InChI is InChI=1S/C13H18N2O5S/c1-20-7-6-14-21(18,19)15-9-11-5-3-2-4-10(11)8-12(15)13(16)17/h2-5,12,14H,6-9H2,1H3,(H,16,17)/t12-/m1/s1. The lowest BCUT2D eigenvalue weighted by molar-refractivity contribution is -0.141. The van der Waals surface area contributed by atoms with Crippen LogP contribution in [0.5, 0.6) is 0 Å². The molecule has 0 saturated carbocycles. The fourth-order valence-corrected chi connectivity index (χ4v) is 3.63. The molecule has 8 heteroatoms. The van der Waals surface area contributed by atoms with Gasteiger partial charge in [-0.1, -0.05) is 24.3 Å². The maximum Gasteiger partial charge on any atom is 0.322 e. The highest BCUT2D eigenvalue weighted by Gasteiger charge is 2.38. The van der Waals surface area contributed by atoms with Gasteiger partial charge < -0.3 is 9.84 Å². The number of aliphatic carboxylic acids is 1. The Kier molecular flexibility index (Phi) is 4.94. The number of benzene rings is 1. The number of hydrogen-bond donors (Lipinski definition) is 2. The topological polar surface area (TPSA) is 95.9 Å². The first-order chi connectivity index (χ1) is 9.95. The van der Waals surface area contributed by atoms with Crippen molar-refractivity contribution in [1.29, 1.82) is 0 Å². The van der Waals surface area contributed by atoms with E-state index in [4.69, 9.17) is 4.74 Å². The molecule has 116 valence electrons. The molecule has 1 atom stereocenters. The molecular formula is C13H18N2O5S. The maximum atomic E-state index is 12.3. The average Bonchev–Trinajstić information content (AvgIpc) is 2.46. The summed E-state index contributed by atoms with van der Waals surface area (Å²) in [5.41, 5.74) is 1.69. The van der Waals surface area contributed by atoms with Crippen molar-refractivity contribution in [3.8, 4) is 0 Å². The highest BCUT2D eigenvalue weighted by Crippen LogP contribution is 2.25. The zero-order valence-corrected chi connectivity index (χ0v) is 12.5. The SMILES string of the molecule is COCCNS(=O)(=O)N1Cc2ccccc2C[C@@H]1C(=O)O. The van der Waals surface area contributed by atoms with Crippen LogP contribution >= 0.6 is 0 Å². The van der Waals surface area contributed by atoms with Gasteiger partial charge in [-0.3, -0.25) is 4.79 Å². The first kappa shape index (κ1) is 15.9. The van der Waals surface area contributed by atoms with Gasteiger partial charge in [0.1, 0.15) is 6.04 Å². The van der Waals surface area contributed by atoms with E-state index in [0.29, 0.717) is 0 Å². The van der Waals surface area contributed by atoms with Gasteiger partial charge in [-0.15, -0.1) is 0 Å². The third-order valence-corrected chi connectivity index (χ3v) is 4.96. The molecule has 21 heavy (non-hydrogen) atoms. The van der Waals surface area contributed by atoms with Gasteiger partial charge in [0.25, 0.3) is 10.2 Å². The second kappa shape index (κ2) is 6.52. The molecule has 1 aromatic carbocycles. The van der Waals surface area contributed by atoms with E-state index in [2.05, 4.69) is 4.72 Å². The van der Waals surface area contributed by atoms with Crippen molar-refractivity contribution in [2.75, 3.05) is 20.3 Å². The Morgan fingerprint density at radius 2 is 2.10 bits per heavy atom. The van der Waals surface area contributed by atoms with Gasteiger partial charge in [-0.05, 0) is 11.1 Å². The molecule has 0 saturated heterocycles. The normalized spacial score (nSPS) is 19.2. The molecule has 0 aromatic heterocycles. The lowest BCUT2D eigenvalue weighted by Crippen LogP contribution is -2.52. The van der Waals surface area contributed by atoms with Gasteiger partial charge in [0.15, 0.2) is 0 Å². The Labute approximate surface area is 123 Å². The number of nitrogens with zero attached hydrogens (tertiary/aromatic N) is 1.